The normalized spacial score (nSPS) is 17.6. The maximum Gasteiger partial charge on any atom is 0.416 e. The topological polar surface area (TPSA) is 78.4 Å². The summed E-state index contributed by atoms with van der Waals surface area (Å²) in [6.07, 6.45) is -2.77. The third kappa shape index (κ3) is 4.78. The van der Waals surface area contributed by atoms with E-state index in [2.05, 4.69) is 14.9 Å². The van der Waals surface area contributed by atoms with E-state index >= 15 is 0 Å². The first-order valence-corrected chi connectivity index (χ1v) is 9.68. The Morgan fingerprint density at radius 3 is 2.52 bits per heavy atom. The molecule has 9 heteroatoms. The number of morpholine rings is 1. The number of ether oxygens (including phenoxy) is 1. The van der Waals surface area contributed by atoms with Gasteiger partial charge in [-0.1, -0.05) is 24.3 Å². The van der Waals surface area contributed by atoms with Crippen LogP contribution in [0.25, 0.3) is 11.3 Å². The van der Waals surface area contributed by atoms with Crippen molar-refractivity contribution in [2.45, 2.75) is 18.8 Å². The maximum atomic E-state index is 12.8. The lowest BCUT2D eigenvalue weighted by Crippen LogP contribution is -2.39. The number of hydrogen-bond acceptors (Lipinski definition) is 4. The molecule has 3 aromatic rings. The number of nitrogens with zero attached hydrogens (tertiary/aromatic N) is 2. The molecule has 1 fully saturated rings. The van der Waals surface area contributed by atoms with E-state index < -0.39 is 17.7 Å². The van der Waals surface area contributed by atoms with Crippen LogP contribution >= 0.6 is 0 Å². The third-order valence-corrected chi connectivity index (χ3v) is 5.26. The molecule has 0 spiro atoms. The van der Waals surface area contributed by atoms with Crippen LogP contribution in [0.2, 0.25) is 0 Å². The van der Waals surface area contributed by atoms with Crippen molar-refractivity contribution in [1.82, 2.24) is 14.9 Å². The molecule has 2 N–H and O–H groups in total. The van der Waals surface area contributed by atoms with Gasteiger partial charge >= 0.3 is 12.1 Å². The highest BCUT2D eigenvalue weighted by Crippen LogP contribution is 2.31. The van der Waals surface area contributed by atoms with E-state index in [1.807, 2.05) is 0 Å². The summed E-state index contributed by atoms with van der Waals surface area (Å²) >= 11 is 0. The molecule has 2 aromatic carbocycles. The van der Waals surface area contributed by atoms with E-state index in [0.29, 0.717) is 43.4 Å². The number of aromatic amines is 1. The van der Waals surface area contributed by atoms with Crippen molar-refractivity contribution >= 4 is 5.97 Å². The first kappa shape index (κ1) is 21.1. The highest BCUT2D eigenvalue weighted by Gasteiger charge is 2.30. The average molecular weight is 431 g/mol. The van der Waals surface area contributed by atoms with Crippen molar-refractivity contribution in [3.8, 4) is 11.3 Å². The van der Waals surface area contributed by atoms with Crippen LogP contribution in [0.3, 0.4) is 0 Å². The fourth-order valence-corrected chi connectivity index (χ4v) is 3.56. The van der Waals surface area contributed by atoms with Gasteiger partial charge in [-0.15, -0.1) is 0 Å². The minimum absolute atomic E-state index is 0.156. The first-order valence-electron chi connectivity index (χ1n) is 9.68. The molecule has 4 rings (SSSR count). The van der Waals surface area contributed by atoms with Gasteiger partial charge in [-0.25, -0.2) is 9.78 Å². The second kappa shape index (κ2) is 8.52. The van der Waals surface area contributed by atoms with Gasteiger partial charge in [0.05, 0.1) is 42.3 Å². The largest absolute Gasteiger partial charge is 0.478 e. The minimum atomic E-state index is -4.37. The zero-order valence-electron chi connectivity index (χ0n) is 16.4. The van der Waals surface area contributed by atoms with Crippen LogP contribution < -0.4 is 0 Å². The molecule has 0 bridgehead atoms. The number of alkyl halides is 3. The zero-order chi connectivity index (χ0) is 22.0. The first-order chi connectivity index (χ1) is 14.8. The lowest BCUT2D eigenvalue weighted by molar-refractivity contribution is -0.137. The van der Waals surface area contributed by atoms with Crippen molar-refractivity contribution in [3.63, 3.8) is 0 Å². The highest BCUT2D eigenvalue weighted by atomic mass is 19.4. The molecular formula is C22H20F3N3O3. The van der Waals surface area contributed by atoms with Crippen molar-refractivity contribution in [2.75, 3.05) is 19.8 Å². The van der Waals surface area contributed by atoms with Crippen molar-refractivity contribution < 1.29 is 27.8 Å². The molecule has 1 unspecified atom stereocenters. The van der Waals surface area contributed by atoms with Crippen LogP contribution in [-0.2, 0) is 17.5 Å². The van der Waals surface area contributed by atoms with Gasteiger partial charge in [-0.3, -0.25) is 4.90 Å². The maximum absolute atomic E-state index is 12.8. The lowest BCUT2D eigenvalue weighted by Gasteiger charge is -2.34. The van der Waals surface area contributed by atoms with E-state index in [9.17, 15) is 18.0 Å². The molecule has 0 amide bonds. The average Bonchev–Trinajstić information content (AvgIpc) is 3.24. The Morgan fingerprint density at radius 2 is 1.87 bits per heavy atom. The number of aromatic nitrogens is 2. The Bertz CT molecular complexity index is 1050. The molecular weight excluding hydrogens is 411 g/mol. The Hall–Kier alpha value is -3.17. The number of hydrogen-bond donors (Lipinski definition) is 2. The standard InChI is InChI=1S/C22H20F3N3O3/c23-22(24,25)17-7-5-15(6-8-17)18-11-26-20(27-18)19-13-31-10-9-28(19)12-14-1-3-16(4-2-14)21(29)30/h1-8,11,19H,9-10,12-13H2,(H,26,27)(H,29,30). The van der Waals surface area contributed by atoms with Crippen LogP contribution in [0.5, 0.6) is 0 Å². The molecule has 0 saturated carbocycles. The SMILES string of the molecule is O=C(O)c1ccc(CN2CCOCC2c2ncc(-c3ccc(C(F)(F)F)cc3)[nH]2)cc1. The monoisotopic (exact) mass is 431 g/mol. The summed E-state index contributed by atoms with van der Waals surface area (Å²) in [5, 5.41) is 9.04. The summed E-state index contributed by atoms with van der Waals surface area (Å²) in [7, 11) is 0. The molecule has 1 aliphatic rings. The number of carbonyl (C=O) groups is 1. The van der Waals surface area contributed by atoms with E-state index in [1.165, 1.54) is 12.1 Å². The van der Waals surface area contributed by atoms with Gasteiger partial charge in [0.2, 0.25) is 0 Å². The predicted octanol–water partition coefficient (Wildman–Crippen LogP) is 4.37. The number of benzene rings is 2. The second-order valence-electron chi connectivity index (χ2n) is 7.32. The summed E-state index contributed by atoms with van der Waals surface area (Å²) in [5.41, 5.74) is 1.73. The number of nitrogens with one attached hydrogen (secondary N) is 1. The van der Waals surface area contributed by atoms with Crippen molar-refractivity contribution in [3.05, 3.63) is 77.2 Å². The summed E-state index contributed by atoms with van der Waals surface area (Å²) in [5.74, 6) is -0.307. The van der Waals surface area contributed by atoms with Gasteiger partial charge in [-0.05, 0) is 35.4 Å². The van der Waals surface area contributed by atoms with Crippen molar-refractivity contribution in [1.29, 1.82) is 0 Å². The van der Waals surface area contributed by atoms with Crippen LogP contribution in [0, 0.1) is 0 Å². The number of H-pyrrole nitrogens is 1. The Morgan fingerprint density at radius 1 is 1.16 bits per heavy atom. The number of carboxylic acids is 1. The molecule has 31 heavy (non-hydrogen) atoms. The summed E-state index contributed by atoms with van der Waals surface area (Å²) in [4.78, 5) is 20.9. The second-order valence-corrected chi connectivity index (χ2v) is 7.32. The van der Waals surface area contributed by atoms with Gasteiger partial charge in [0.15, 0.2) is 0 Å². The van der Waals surface area contributed by atoms with Gasteiger partial charge in [0.1, 0.15) is 5.82 Å². The van der Waals surface area contributed by atoms with E-state index in [4.69, 9.17) is 9.84 Å². The van der Waals surface area contributed by atoms with Gasteiger partial charge < -0.3 is 14.8 Å². The number of rotatable bonds is 5. The Kier molecular flexibility index (Phi) is 5.79. The number of aromatic carboxylic acids is 1. The molecule has 2 heterocycles. The number of imidazole rings is 1. The van der Waals surface area contributed by atoms with Crippen LogP contribution in [0.4, 0.5) is 13.2 Å². The Labute approximate surface area is 176 Å². The quantitative estimate of drug-likeness (QED) is 0.627. The molecule has 6 nitrogen and oxygen atoms in total. The molecule has 1 saturated heterocycles. The number of halogens is 3. The van der Waals surface area contributed by atoms with Crippen molar-refractivity contribution in [2.24, 2.45) is 0 Å². The fourth-order valence-electron chi connectivity index (χ4n) is 3.56. The smallest absolute Gasteiger partial charge is 0.416 e. The summed E-state index contributed by atoms with van der Waals surface area (Å²) in [6, 6.07) is 11.5. The molecule has 0 radical (unpaired) electrons. The number of carboxylic acid groups (broad SMARTS) is 1. The van der Waals surface area contributed by atoms with Crippen LogP contribution in [-0.4, -0.2) is 45.7 Å². The molecule has 1 aliphatic heterocycles. The summed E-state index contributed by atoms with van der Waals surface area (Å²) < 4.78 is 44.0. The lowest BCUT2D eigenvalue weighted by atomic mass is 10.1. The molecule has 1 aromatic heterocycles. The van der Waals surface area contributed by atoms with Crippen LogP contribution in [0.1, 0.15) is 33.4 Å². The van der Waals surface area contributed by atoms with E-state index in [0.717, 1.165) is 17.7 Å². The van der Waals surface area contributed by atoms with Gasteiger partial charge in [-0.2, -0.15) is 13.2 Å². The molecule has 162 valence electrons. The molecule has 1 atom stereocenters. The zero-order valence-corrected chi connectivity index (χ0v) is 16.4. The van der Waals surface area contributed by atoms with Gasteiger partial charge in [0, 0.05) is 13.1 Å². The van der Waals surface area contributed by atoms with Crippen LogP contribution in [0.15, 0.2) is 54.7 Å². The summed E-state index contributed by atoms with van der Waals surface area (Å²) in [6.45, 7) is 2.25. The highest BCUT2D eigenvalue weighted by molar-refractivity contribution is 5.87. The predicted molar refractivity (Wildman–Crippen MR) is 106 cm³/mol. The minimum Gasteiger partial charge on any atom is -0.478 e. The third-order valence-electron chi connectivity index (χ3n) is 5.26. The fraction of sp³-hybridized carbons (Fsp3) is 0.273. The molecule has 0 aliphatic carbocycles. The van der Waals surface area contributed by atoms with E-state index in [1.54, 1.807) is 30.5 Å². The van der Waals surface area contributed by atoms with Gasteiger partial charge in [0.25, 0.3) is 0 Å². The van der Waals surface area contributed by atoms with E-state index in [-0.39, 0.29) is 11.6 Å². The Balaban J connectivity index is 1.51.